The van der Waals surface area contributed by atoms with Gasteiger partial charge in [-0.25, -0.2) is 0 Å². The van der Waals surface area contributed by atoms with Gasteiger partial charge < -0.3 is 25.2 Å². The lowest BCUT2D eigenvalue weighted by atomic mass is 9.79. The number of rotatable bonds is 10. The van der Waals surface area contributed by atoms with Gasteiger partial charge in [-0.15, -0.1) is 0 Å². The summed E-state index contributed by atoms with van der Waals surface area (Å²) < 4.78 is 5.36. The van der Waals surface area contributed by atoms with Crippen LogP contribution in [0.25, 0.3) is 0 Å². The summed E-state index contributed by atoms with van der Waals surface area (Å²) in [4.78, 5) is 0. The fourth-order valence-corrected chi connectivity index (χ4v) is 1.97. The van der Waals surface area contributed by atoms with E-state index in [0.717, 1.165) is 0 Å². The fraction of sp³-hybridized carbons (Fsp3) is 1.00. The van der Waals surface area contributed by atoms with E-state index in [1.165, 1.54) is 0 Å². The molecule has 5 nitrogen and oxygen atoms in total. The van der Waals surface area contributed by atoms with Crippen molar-refractivity contribution in [1.82, 2.24) is 0 Å². The van der Waals surface area contributed by atoms with Crippen LogP contribution in [0.15, 0.2) is 0 Å². The molecule has 0 saturated heterocycles. The average Bonchev–Trinajstić information content (AvgIpc) is 2.37. The zero-order valence-corrected chi connectivity index (χ0v) is 12.5. The maximum atomic E-state index is 10.1. The Morgan fingerprint density at radius 3 is 2.05 bits per heavy atom. The van der Waals surface area contributed by atoms with Crippen molar-refractivity contribution >= 4 is 0 Å². The van der Waals surface area contributed by atoms with Crippen molar-refractivity contribution < 1.29 is 25.2 Å². The van der Waals surface area contributed by atoms with Crippen LogP contribution in [0.3, 0.4) is 0 Å². The van der Waals surface area contributed by atoms with E-state index >= 15 is 0 Å². The van der Waals surface area contributed by atoms with Gasteiger partial charge in [-0.2, -0.15) is 0 Å². The third-order valence-electron chi connectivity index (χ3n) is 3.47. The van der Waals surface area contributed by atoms with Gasteiger partial charge in [0.1, 0.15) is 0 Å². The van der Waals surface area contributed by atoms with Crippen molar-refractivity contribution in [2.24, 2.45) is 11.3 Å². The SMILES string of the molecule is CC(O)COC(CO)CCC(C)C(O)C(C)(C)CO. The first-order valence-electron chi connectivity index (χ1n) is 6.94. The summed E-state index contributed by atoms with van der Waals surface area (Å²) in [5.41, 5.74) is -0.533. The zero-order chi connectivity index (χ0) is 15.1. The fourth-order valence-electron chi connectivity index (χ4n) is 1.97. The minimum atomic E-state index is -0.603. The first kappa shape index (κ1) is 18.8. The molecule has 0 heterocycles. The van der Waals surface area contributed by atoms with Crippen LogP contribution in [0, 0.1) is 11.3 Å². The van der Waals surface area contributed by atoms with Gasteiger partial charge >= 0.3 is 0 Å². The van der Waals surface area contributed by atoms with Gasteiger partial charge in [0.05, 0.1) is 38.1 Å². The molecule has 5 heteroatoms. The molecule has 0 saturated carbocycles. The number of ether oxygens (including phenoxy) is 1. The third kappa shape index (κ3) is 7.22. The van der Waals surface area contributed by atoms with Crippen molar-refractivity contribution in [3.63, 3.8) is 0 Å². The van der Waals surface area contributed by atoms with Crippen molar-refractivity contribution in [3.8, 4) is 0 Å². The van der Waals surface area contributed by atoms with Crippen LogP contribution in [0.4, 0.5) is 0 Å². The number of aliphatic hydroxyl groups excluding tert-OH is 4. The second-order valence-corrected chi connectivity index (χ2v) is 6.13. The van der Waals surface area contributed by atoms with Crippen LogP contribution >= 0.6 is 0 Å². The Morgan fingerprint density at radius 1 is 1.05 bits per heavy atom. The Morgan fingerprint density at radius 2 is 1.63 bits per heavy atom. The van der Waals surface area contributed by atoms with Crippen LogP contribution in [-0.4, -0.2) is 58.6 Å². The summed E-state index contributed by atoms with van der Waals surface area (Å²) in [6.07, 6.45) is -0.168. The summed E-state index contributed by atoms with van der Waals surface area (Å²) in [7, 11) is 0. The van der Waals surface area contributed by atoms with Gasteiger partial charge in [0.25, 0.3) is 0 Å². The van der Waals surface area contributed by atoms with Crippen molar-refractivity contribution in [1.29, 1.82) is 0 Å². The normalized spacial score (nSPS) is 18.9. The van der Waals surface area contributed by atoms with E-state index in [2.05, 4.69) is 0 Å². The molecule has 0 aromatic heterocycles. The van der Waals surface area contributed by atoms with Gasteiger partial charge in [0.15, 0.2) is 0 Å². The first-order valence-corrected chi connectivity index (χ1v) is 6.94. The summed E-state index contributed by atoms with van der Waals surface area (Å²) in [6, 6.07) is 0. The van der Waals surface area contributed by atoms with E-state index in [9.17, 15) is 15.3 Å². The quantitative estimate of drug-likeness (QED) is 0.468. The summed E-state index contributed by atoms with van der Waals surface area (Å²) in [5.74, 6) is 0.00588. The Bertz CT molecular complexity index is 230. The van der Waals surface area contributed by atoms with Gasteiger partial charge in [0, 0.05) is 5.41 Å². The van der Waals surface area contributed by atoms with Crippen LogP contribution in [-0.2, 0) is 4.74 Å². The molecular formula is C14H30O5. The van der Waals surface area contributed by atoms with Gasteiger partial charge in [-0.1, -0.05) is 20.8 Å². The maximum Gasteiger partial charge on any atom is 0.0807 e. The largest absolute Gasteiger partial charge is 0.396 e. The lowest BCUT2D eigenvalue weighted by molar-refractivity contribution is -0.0484. The standard InChI is InChI=1S/C14H30O5/c1-10(13(18)14(3,4)9-16)5-6-12(7-15)19-8-11(2)17/h10-13,15-18H,5-9H2,1-4H3. The molecule has 0 fully saturated rings. The monoisotopic (exact) mass is 278 g/mol. The topological polar surface area (TPSA) is 90.2 Å². The maximum absolute atomic E-state index is 10.1. The highest BCUT2D eigenvalue weighted by Gasteiger charge is 2.31. The molecule has 116 valence electrons. The smallest absolute Gasteiger partial charge is 0.0807 e. The Hall–Kier alpha value is -0.200. The van der Waals surface area contributed by atoms with E-state index in [1.807, 2.05) is 20.8 Å². The summed E-state index contributed by atoms with van der Waals surface area (Å²) in [5, 5.41) is 37.7. The summed E-state index contributed by atoms with van der Waals surface area (Å²) in [6.45, 7) is 7.22. The highest BCUT2D eigenvalue weighted by atomic mass is 16.5. The van der Waals surface area contributed by atoms with E-state index in [0.29, 0.717) is 12.8 Å². The molecule has 0 bridgehead atoms. The molecule has 0 aromatic carbocycles. The molecule has 0 aliphatic carbocycles. The predicted molar refractivity (Wildman–Crippen MR) is 73.8 cm³/mol. The van der Waals surface area contributed by atoms with Crippen LogP contribution in [0.5, 0.6) is 0 Å². The van der Waals surface area contributed by atoms with Crippen LogP contribution < -0.4 is 0 Å². The minimum Gasteiger partial charge on any atom is -0.396 e. The number of aliphatic hydroxyl groups is 4. The predicted octanol–water partition coefficient (Wildman–Crippen LogP) is 0.540. The Labute approximate surface area is 116 Å². The third-order valence-corrected chi connectivity index (χ3v) is 3.47. The van der Waals surface area contributed by atoms with Crippen molar-refractivity contribution in [2.75, 3.05) is 19.8 Å². The molecule has 0 amide bonds. The Balaban J connectivity index is 4.15. The molecule has 0 spiro atoms. The lowest BCUT2D eigenvalue weighted by Crippen LogP contribution is -2.38. The van der Waals surface area contributed by atoms with Crippen LogP contribution in [0.1, 0.15) is 40.5 Å². The van der Waals surface area contributed by atoms with Crippen LogP contribution in [0.2, 0.25) is 0 Å². The molecule has 0 aromatic rings. The van der Waals surface area contributed by atoms with E-state index in [1.54, 1.807) is 6.92 Å². The summed E-state index contributed by atoms with van der Waals surface area (Å²) >= 11 is 0. The molecule has 4 unspecified atom stereocenters. The molecule has 4 N–H and O–H groups in total. The highest BCUT2D eigenvalue weighted by molar-refractivity contribution is 4.81. The number of hydrogen-bond donors (Lipinski definition) is 4. The highest BCUT2D eigenvalue weighted by Crippen LogP contribution is 2.28. The van der Waals surface area contributed by atoms with Crippen molar-refractivity contribution in [3.05, 3.63) is 0 Å². The molecule has 0 radical (unpaired) electrons. The first-order chi connectivity index (χ1) is 8.74. The molecule has 0 aliphatic heterocycles. The van der Waals surface area contributed by atoms with E-state index in [-0.39, 0.29) is 31.8 Å². The van der Waals surface area contributed by atoms with E-state index in [4.69, 9.17) is 9.84 Å². The lowest BCUT2D eigenvalue weighted by Gasteiger charge is -2.33. The number of hydrogen-bond acceptors (Lipinski definition) is 5. The molecule has 4 atom stereocenters. The van der Waals surface area contributed by atoms with Crippen molar-refractivity contribution in [2.45, 2.75) is 58.8 Å². The second kappa shape index (κ2) is 8.87. The van der Waals surface area contributed by atoms with Gasteiger partial charge in [-0.3, -0.25) is 0 Å². The Kier molecular flexibility index (Phi) is 8.78. The molecule has 0 aliphatic rings. The molecule has 0 rings (SSSR count). The van der Waals surface area contributed by atoms with Gasteiger partial charge in [-0.05, 0) is 25.7 Å². The zero-order valence-electron chi connectivity index (χ0n) is 12.5. The van der Waals surface area contributed by atoms with E-state index < -0.39 is 17.6 Å². The minimum absolute atomic E-state index is 0.00588. The molecular weight excluding hydrogens is 248 g/mol. The molecule has 19 heavy (non-hydrogen) atoms. The average molecular weight is 278 g/mol. The van der Waals surface area contributed by atoms with Gasteiger partial charge in [0.2, 0.25) is 0 Å². The second-order valence-electron chi connectivity index (χ2n) is 6.13.